The topological polar surface area (TPSA) is 60.2 Å². The lowest BCUT2D eigenvalue weighted by Crippen LogP contribution is -2.28. The fraction of sp³-hybridized carbons (Fsp3) is 0.208. The van der Waals surface area contributed by atoms with E-state index in [0.717, 1.165) is 35.6 Å². The van der Waals surface area contributed by atoms with Gasteiger partial charge in [0.15, 0.2) is 0 Å². The number of rotatable bonds is 8. The summed E-state index contributed by atoms with van der Waals surface area (Å²) < 4.78 is 8.01. The molecule has 0 bridgehead atoms. The molecule has 4 aromatic rings. The number of hydrogen-bond donors (Lipinski definition) is 0. The van der Waals surface area contributed by atoms with Crippen molar-refractivity contribution in [3.8, 4) is 5.75 Å². The highest BCUT2D eigenvalue weighted by Gasteiger charge is 2.17. The van der Waals surface area contributed by atoms with E-state index in [1.54, 1.807) is 36.5 Å². The van der Waals surface area contributed by atoms with E-state index in [2.05, 4.69) is 15.6 Å². The average Bonchev–Trinajstić information content (AvgIpc) is 3.14. The van der Waals surface area contributed by atoms with E-state index < -0.39 is 0 Å². The fourth-order valence-corrected chi connectivity index (χ4v) is 3.42. The predicted octanol–water partition coefficient (Wildman–Crippen LogP) is 4.17. The van der Waals surface area contributed by atoms with E-state index in [4.69, 9.17) is 9.72 Å². The van der Waals surface area contributed by atoms with Crippen molar-refractivity contribution in [1.82, 2.24) is 19.4 Å². The molecule has 0 saturated carbocycles. The Morgan fingerprint density at radius 1 is 1.03 bits per heavy atom. The molecule has 2 aromatic heterocycles. The maximum absolute atomic E-state index is 12.7. The lowest BCUT2D eigenvalue weighted by molar-refractivity contribution is 0.0779. The van der Waals surface area contributed by atoms with Crippen LogP contribution in [0.15, 0.2) is 79.1 Å². The molecule has 2 heterocycles. The van der Waals surface area contributed by atoms with Crippen LogP contribution in [0, 0.1) is 0 Å². The number of ether oxygens (including phenoxy) is 1. The minimum atomic E-state index is -0.0749. The average molecular weight is 400 g/mol. The van der Waals surface area contributed by atoms with Gasteiger partial charge in [-0.1, -0.05) is 30.3 Å². The largest absolute Gasteiger partial charge is 0.494 e. The van der Waals surface area contributed by atoms with Gasteiger partial charge in [-0.3, -0.25) is 9.78 Å². The molecule has 2 aromatic carbocycles. The van der Waals surface area contributed by atoms with E-state index in [0.29, 0.717) is 18.7 Å². The predicted molar refractivity (Wildman–Crippen MR) is 116 cm³/mol. The van der Waals surface area contributed by atoms with Crippen molar-refractivity contribution in [2.24, 2.45) is 0 Å². The molecular formula is C24H24N4O2. The van der Waals surface area contributed by atoms with Gasteiger partial charge >= 0.3 is 0 Å². The van der Waals surface area contributed by atoms with Crippen LogP contribution in [-0.2, 0) is 13.1 Å². The SMILES string of the molecule is CN(Cc1nc2ccccc2n1CCCOc1ccccc1)C(=O)c1cccnc1. The number of fused-ring (bicyclic) bond motifs is 1. The molecule has 0 aliphatic rings. The number of amides is 1. The van der Waals surface area contributed by atoms with Gasteiger partial charge in [0.2, 0.25) is 0 Å². The number of para-hydroxylation sites is 3. The number of aromatic nitrogens is 3. The van der Waals surface area contributed by atoms with Gasteiger partial charge in [-0.2, -0.15) is 0 Å². The summed E-state index contributed by atoms with van der Waals surface area (Å²) >= 11 is 0. The van der Waals surface area contributed by atoms with Gasteiger partial charge in [0.25, 0.3) is 5.91 Å². The summed E-state index contributed by atoms with van der Waals surface area (Å²) in [4.78, 5) is 23.2. The molecular weight excluding hydrogens is 376 g/mol. The number of carbonyl (C=O) groups excluding carboxylic acids is 1. The van der Waals surface area contributed by atoms with Crippen molar-refractivity contribution in [1.29, 1.82) is 0 Å². The van der Waals surface area contributed by atoms with E-state index in [9.17, 15) is 4.79 Å². The Hall–Kier alpha value is -3.67. The van der Waals surface area contributed by atoms with Crippen molar-refractivity contribution < 1.29 is 9.53 Å². The third-order valence-electron chi connectivity index (χ3n) is 4.91. The van der Waals surface area contributed by atoms with Crippen LogP contribution in [0.3, 0.4) is 0 Å². The number of benzene rings is 2. The Morgan fingerprint density at radius 2 is 1.83 bits per heavy atom. The molecule has 0 fully saturated rings. The molecule has 6 nitrogen and oxygen atoms in total. The van der Waals surface area contributed by atoms with Crippen LogP contribution in [0.1, 0.15) is 22.6 Å². The summed E-state index contributed by atoms with van der Waals surface area (Å²) in [6, 6.07) is 21.4. The van der Waals surface area contributed by atoms with Crippen LogP contribution in [0.2, 0.25) is 0 Å². The normalized spacial score (nSPS) is 10.8. The van der Waals surface area contributed by atoms with Gasteiger partial charge in [-0.15, -0.1) is 0 Å². The van der Waals surface area contributed by atoms with Crippen LogP contribution >= 0.6 is 0 Å². The molecule has 0 N–H and O–H groups in total. The summed E-state index contributed by atoms with van der Waals surface area (Å²) in [5, 5.41) is 0. The van der Waals surface area contributed by atoms with Gasteiger partial charge in [0.05, 0.1) is 29.7 Å². The highest BCUT2D eigenvalue weighted by atomic mass is 16.5. The lowest BCUT2D eigenvalue weighted by Gasteiger charge is -2.18. The molecule has 0 atom stereocenters. The van der Waals surface area contributed by atoms with Gasteiger partial charge < -0.3 is 14.2 Å². The first-order valence-electron chi connectivity index (χ1n) is 10.00. The Labute approximate surface area is 175 Å². The zero-order chi connectivity index (χ0) is 20.8. The number of nitrogens with zero attached hydrogens (tertiary/aromatic N) is 4. The van der Waals surface area contributed by atoms with E-state index in [1.165, 1.54) is 0 Å². The maximum Gasteiger partial charge on any atom is 0.255 e. The molecule has 0 radical (unpaired) electrons. The van der Waals surface area contributed by atoms with Crippen molar-refractivity contribution in [2.75, 3.05) is 13.7 Å². The quantitative estimate of drug-likeness (QED) is 0.417. The second kappa shape index (κ2) is 9.22. The van der Waals surface area contributed by atoms with E-state index >= 15 is 0 Å². The van der Waals surface area contributed by atoms with Crippen molar-refractivity contribution in [3.05, 3.63) is 90.5 Å². The number of carbonyl (C=O) groups is 1. The first-order valence-corrected chi connectivity index (χ1v) is 10.00. The number of imidazole rings is 1. The first kappa shape index (κ1) is 19.6. The van der Waals surface area contributed by atoms with Crippen LogP contribution < -0.4 is 4.74 Å². The van der Waals surface area contributed by atoms with Crippen molar-refractivity contribution in [2.45, 2.75) is 19.5 Å². The Kier molecular flexibility index (Phi) is 6.03. The lowest BCUT2D eigenvalue weighted by atomic mass is 10.2. The zero-order valence-corrected chi connectivity index (χ0v) is 16.9. The molecule has 30 heavy (non-hydrogen) atoms. The molecule has 0 aliphatic heterocycles. The van der Waals surface area contributed by atoms with Crippen molar-refractivity contribution >= 4 is 16.9 Å². The second-order valence-electron chi connectivity index (χ2n) is 7.09. The summed E-state index contributed by atoms with van der Waals surface area (Å²) in [5.74, 6) is 1.65. The number of hydrogen-bond acceptors (Lipinski definition) is 4. The zero-order valence-electron chi connectivity index (χ0n) is 16.9. The third-order valence-corrected chi connectivity index (χ3v) is 4.91. The Morgan fingerprint density at radius 3 is 2.63 bits per heavy atom. The van der Waals surface area contributed by atoms with Crippen LogP contribution in [0.5, 0.6) is 5.75 Å². The summed E-state index contributed by atoms with van der Waals surface area (Å²) in [6.45, 7) is 1.79. The minimum Gasteiger partial charge on any atom is -0.494 e. The number of pyridine rings is 1. The Balaban J connectivity index is 1.48. The standard InChI is InChI=1S/C24H24N4O2/c1-27(24(29)19-9-7-14-25-17-19)18-23-26-21-12-5-6-13-22(21)28(23)15-8-16-30-20-10-3-2-4-11-20/h2-7,9-14,17H,8,15-16,18H2,1H3. The van der Waals surface area contributed by atoms with E-state index in [1.807, 2.05) is 48.5 Å². The van der Waals surface area contributed by atoms with Crippen molar-refractivity contribution in [3.63, 3.8) is 0 Å². The molecule has 0 spiro atoms. The summed E-state index contributed by atoms with van der Waals surface area (Å²) in [6.07, 6.45) is 4.08. The molecule has 0 unspecified atom stereocenters. The smallest absolute Gasteiger partial charge is 0.255 e. The highest BCUT2D eigenvalue weighted by Crippen LogP contribution is 2.19. The van der Waals surface area contributed by atoms with Crippen LogP contribution in [0.4, 0.5) is 0 Å². The molecule has 1 amide bonds. The van der Waals surface area contributed by atoms with Crippen LogP contribution in [-0.4, -0.2) is 39.0 Å². The second-order valence-corrected chi connectivity index (χ2v) is 7.09. The minimum absolute atomic E-state index is 0.0749. The molecule has 0 aliphatic carbocycles. The molecule has 6 heteroatoms. The monoisotopic (exact) mass is 400 g/mol. The first-order chi connectivity index (χ1) is 14.7. The summed E-state index contributed by atoms with van der Waals surface area (Å²) in [7, 11) is 1.79. The van der Waals surface area contributed by atoms with Gasteiger partial charge in [-0.25, -0.2) is 4.98 Å². The molecule has 4 rings (SSSR count). The van der Waals surface area contributed by atoms with Crippen LogP contribution in [0.25, 0.3) is 11.0 Å². The Bertz CT molecular complexity index is 1110. The third kappa shape index (κ3) is 4.49. The van der Waals surface area contributed by atoms with Gasteiger partial charge in [-0.05, 0) is 42.8 Å². The number of aryl methyl sites for hydroxylation is 1. The molecule has 152 valence electrons. The fourth-order valence-electron chi connectivity index (χ4n) is 3.42. The summed E-state index contributed by atoms with van der Waals surface area (Å²) in [5.41, 5.74) is 2.56. The van der Waals surface area contributed by atoms with Gasteiger partial charge in [0, 0.05) is 26.0 Å². The van der Waals surface area contributed by atoms with Gasteiger partial charge in [0.1, 0.15) is 11.6 Å². The molecule has 0 saturated heterocycles. The highest BCUT2D eigenvalue weighted by molar-refractivity contribution is 5.93. The maximum atomic E-state index is 12.7. The van der Waals surface area contributed by atoms with E-state index in [-0.39, 0.29) is 5.91 Å².